The van der Waals surface area contributed by atoms with E-state index in [1.54, 1.807) is 17.3 Å². The second-order valence-corrected chi connectivity index (χ2v) is 8.49. The van der Waals surface area contributed by atoms with Crippen molar-refractivity contribution in [3.8, 4) is 10.6 Å². The minimum Gasteiger partial charge on any atom is -0.330 e. The number of carbonyl (C=O) groups excluding carboxylic acids is 2. The van der Waals surface area contributed by atoms with Crippen molar-refractivity contribution in [3.63, 3.8) is 0 Å². The maximum Gasteiger partial charge on any atom is 0.312 e. The van der Waals surface area contributed by atoms with Crippen LogP contribution in [0.5, 0.6) is 0 Å². The van der Waals surface area contributed by atoms with E-state index in [0.717, 1.165) is 24.7 Å². The van der Waals surface area contributed by atoms with Gasteiger partial charge in [0.25, 0.3) is 0 Å². The first-order valence-electron chi connectivity index (χ1n) is 9.24. The molecule has 0 aromatic carbocycles. The fourth-order valence-corrected chi connectivity index (χ4v) is 4.99. The highest BCUT2D eigenvalue weighted by Crippen LogP contribution is 2.53. The predicted octanol–water partition coefficient (Wildman–Crippen LogP) is 2.31. The number of fused-ring (bicyclic) bond motifs is 1. The molecule has 8 heteroatoms. The summed E-state index contributed by atoms with van der Waals surface area (Å²) in [5.74, 6) is 0.0248. The number of rotatable bonds is 4. The first kappa shape index (κ1) is 16.8. The summed E-state index contributed by atoms with van der Waals surface area (Å²) in [7, 11) is 0. The van der Waals surface area contributed by atoms with Crippen LogP contribution in [0.2, 0.25) is 0 Å². The molecule has 1 saturated heterocycles. The number of nitrogens with zero attached hydrogens (tertiary/aromatic N) is 4. The molecule has 2 saturated carbocycles. The topological polar surface area (TPSA) is 66.4 Å². The van der Waals surface area contributed by atoms with Crippen LogP contribution in [0.1, 0.15) is 25.0 Å². The minimum atomic E-state index is -0.549. The Kier molecular flexibility index (Phi) is 3.96. The summed E-state index contributed by atoms with van der Waals surface area (Å²) in [4.78, 5) is 36.5. The van der Waals surface area contributed by atoms with Crippen molar-refractivity contribution >= 4 is 23.2 Å². The lowest BCUT2D eigenvalue weighted by molar-refractivity contribution is -0.158. The molecular formula is C19H19FN4O2S. The monoisotopic (exact) mass is 386 g/mol. The van der Waals surface area contributed by atoms with Crippen molar-refractivity contribution in [2.75, 3.05) is 13.1 Å². The van der Waals surface area contributed by atoms with Crippen molar-refractivity contribution in [3.05, 3.63) is 35.4 Å². The van der Waals surface area contributed by atoms with Gasteiger partial charge in [-0.15, -0.1) is 11.3 Å². The SMILES string of the molecule is O=C1C(=O)N(C2C[C@@H]3C[C@@H]3C2)CCN1Cc1ncc(-c2nccs2)cc1F. The zero-order valence-electron chi connectivity index (χ0n) is 14.7. The first-order valence-corrected chi connectivity index (χ1v) is 10.1. The Balaban J connectivity index is 1.27. The highest BCUT2D eigenvalue weighted by Gasteiger charge is 2.50. The number of amides is 2. The van der Waals surface area contributed by atoms with Gasteiger partial charge >= 0.3 is 11.8 Å². The van der Waals surface area contributed by atoms with Crippen LogP contribution in [0.25, 0.3) is 10.6 Å². The van der Waals surface area contributed by atoms with Gasteiger partial charge in [0.15, 0.2) is 0 Å². The molecule has 2 aliphatic carbocycles. The summed E-state index contributed by atoms with van der Waals surface area (Å²) in [5.41, 5.74) is 0.783. The van der Waals surface area contributed by atoms with Crippen LogP contribution in [0.3, 0.4) is 0 Å². The molecule has 1 aliphatic heterocycles. The number of hydrogen-bond acceptors (Lipinski definition) is 5. The lowest BCUT2D eigenvalue weighted by Gasteiger charge is -2.37. The van der Waals surface area contributed by atoms with E-state index in [0.29, 0.717) is 23.7 Å². The van der Waals surface area contributed by atoms with E-state index in [4.69, 9.17) is 0 Å². The quantitative estimate of drug-likeness (QED) is 0.757. The molecule has 27 heavy (non-hydrogen) atoms. The number of carbonyl (C=O) groups is 2. The Labute approximate surface area is 160 Å². The standard InChI is InChI=1S/C19H19FN4O2S/c20-15-8-13(17-21-1-4-27-17)9-22-16(15)10-23-2-3-24(19(26)18(23)25)14-6-11-5-12(11)7-14/h1,4,8-9,11-12,14H,2-3,5-7,10H2/t11-,12+,14?. The third-order valence-electron chi connectivity index (χ3n) is 5.94. The van der Waals surface area contributed by atoms with Gasteiger partial charge in [0.1, 0.15) is 10.8 Å². The molecule has 1 unspecified atom stereocenters. The molecule has 2 aromatic heterocycles. The maximum absolute atomic E-state index is 14.5. The van der Waals surface area contributed by atoms with E-state index >= 15 is 0 Å². The number of hydrogen-bond donors (Lipinski definition) is 0. The number of pyridine rings is 1. The van der Waals surface area contributed by atoms with E-state index in [9.17, 15) is 14.0 Å². The fraction of sp³-hybridized carbons (Fsp3) is 0.474. The van der Waals surface area contributed by atoms with Gasteiger partial charge in [0, 0.05) is 42.5 Å². The lowest BCUT2D eigenvalue weighted by atomic mass is 10.1. The second kappa shape index (κ2) is 6.37. The van der Waals surface area contributed by atoms with Crippen LogP contribution in [-0.4, -0.2) is 50.7 Å². The second-order valence-electron chi connectivity index (χ2n) is 7.60. The van der Waals surface area contributed by atoms with Gasteiger partial charge in [0.2, 0.25) is 0 Å². The van der Waals surface area contributed by atoms with Crippen LogP contribution in [0.4, 0.5) is 4.39 Å². The van der Waals surface area contributed by atoms with Crippen molar-refractivity contribution in [2.24, 2.45) is 11.8 Å². The Morgan fingerprint density at radius 3 is 2.63 bits per heavy atom. The van der Waals surface area contributed by atoms with Crippen LogP contribution < -0.4 is 0 Å². The molecule has 2 amide bonds. The third kappa shape index (κ3) is 3.01. The Bertz CT molecular complexity index is 893. The number of thiazole rings is 1. The highest BCUT2D eigenvalue weighted by molar-refractivity contribution is 7.13. The van der Waals surface area contributed by atoms with Gasteiger partial charge in [-0.1, -0.05) is 0 Å². The Morgan fingerprint density at radius 1 is 1.11 bits per heavy atom. The van der Waals surface area contributed by atoms with Gasteiger partial charge in [-0.2, -0.15) is 0 Å². The lowest BCUT2D eigenvalue weighted by Crippen LogP contribution is -2.56. The molecule has 140 valence electrons. The molecule has 0 N–H and O–H groups in total. The average molecular weight is 386 g/mol. The molecule has 0 bridgehead atoms. The summed E-state index contributed by atoms with van der Waals surface area (Å²) < 4.78 is 14.5. The molecular weight excluding hydrogens is 367 g/mol. The smallest absolute Gasteiger partial charge is 0.312 e. The average Bonchev–Trinajstić information content (AvgIpc) is 3.07. The van der Waals surface area contributed by atoms with Gasteiger partial charge < -0.3 is 9.80 Å². The summed E-state index contributed by atoms with van der Waals surface area (Å²) in [5, 5.41) is 2.51. The van der Waals surface area contributed by atoms with Crippen molar-refractivity contribution in [2.45, 2.75) is 31.8 Å². The third-order valence-corrected chi connectivity index (χ3v) is 6.76. The fourth-order valence-electron chi connectivity index (χ4n) is 4.37. The van der Waals surface area contributed by atoms with E-state index in [1.807, 2.05) is 5.38 Å². The normalized spacial score (nSPS) is 27.2. The van der Waals surface area contributed by atoms with E-state index < -0.39 is 17.6 Å². The zero-order valence-corrected chi connectivity index (χ0v) is 15.5. The summed E-state index contributed by atoms with van der Waals surface area (Å²) in [6.45, 7) is 0.956. The largest absolute Gasteiger partial charge is 0.330 e. The van der Waals surface area contributed by atoms with Crippen LogP contribution in [0.15, 0.2) is 23.8 Å². The molecule has 6 nitrogen and oxygen atoms in total. The van der Waals surface area contributed by atoms with E-state index in [2.05, 4.69) is 9.97 Å². The summed E-state index contributed by atoms with van der Waals surface area (Å²) in [6, 6.07) is 1.59. The zero-order chi connectivity index (χ0) is 18.5. The molecule has 0 radical (unpaired) electrons. The van der Waals surface area contributed by atoms with Gasteiger partial charge in [-0.25, -0.2) is 9.37 Å². The number of piperazine rings is 1. The Morgan fingerprint density at radius 2 is 1.93 bits per heavy atom. The highest BCUT2D eigenvalue weighted by atomic mass is 32.1. The summed E-state index contributed by atoms with van der Waals surface area (Å²) >= 11 is 1.41. The van der Waals surface area contributed by atoms with Crippen molar-refractivity contribution in [1.29, 1.82) is 0 Å². The van der Waals surface area contributed by atoms with Gasteiger partial charge in [-0.3, -0.25) is 14.6 Å². The Hall–Kier alpha value is -2.35. The number of aromatic nitrogens is 2. The minimum absolute atomic E-state index is 0.0122. The van der Waals surface area contributed by atoms with Crippen LogP contribution in [-0.2, 0) is 16.1 Å². The van der Waals surface area contributed by atoms with Crippen molar-refractivity contribution in [1.82, 2.24) is 19.8 Å². The number of halogens is 1. The van der Waals surface area contributed by atoms with Gasteiger partial charge in [0.05, 0.1) is 12.2 Å². The maximum atomic E-state index is 14.5. The molecule has 5 rings (SSSR count). The molecule has 0 spiro atoms. The van der Waals surface area contributed by atoms with Crippen LogP contribution >= 0.6 is 11.3 Å². The molecule has 2 aromatic rings. The van der Waals surface area contributed by atoms with Gasteiger partial charge in [-0.05, 0) is 37.2 Å². The molecule has 3 aliphatic rings. The predicted molar refractivity (Wildman–Crippen MR) is 97.1 cm³/mol. The van der Waals surface area contributed by atoms with Crippen LogP contribution in [0, 0.1) is 17.7 Å². The van der Waals surface area contributed by atoms with E-state index in [-0.39, 0.29) is 18.3 Å². The summed E-state index contributed by atoms with van der Waals surface area (Å²) in [6.07, 6.45) is 6.55. The van der Waals surface area contributed by atoms with Crippen molar-refractivity contribution < 1.29 is 14.0 Å². The molecule has 3 fully saturated rings. The molecule has 3 atom stereocenters. The molecule has 3 heterocycles. The first-order chi connectivity index (χ1) is 13.1. The van der Waals surface area contributed by atoms with E-state index in [1.165, 1.54) is 28.7 Å².